The van der Waals surface area contributed by atoms with Crippen molar-refractivity contribution in [1.82, 2.24) is 4.90 Å². The van der Waals surface area contributed by atoms with Crippen LogP contribution >= 0.6 is 0 Å². The molecular formula is C19H20FNO. The average Bonchev–Trinajstić information content (AvgIpc) is 2.48. The van der Waals surface area contributed by atoms with Gasteiger partial charge in [-0.1, -0.05) is 35.9 Å². The van der Waals surface area contributed by atoms with Crippen molar-refractivity contribution in [2.45, 2.75) is 32.7 Å². The number of hydrogen-bond donors (Lipinski definition) is 0. The molecule has 0 radical (unpaired) electrons. The molecule has 0 aliphatic carbocycles. The second kappa shape index (κ2) is 5.91. The molecule has 1 atom stereocenters. The number of carbonyl (C=O) groups is 1. The normalized spacial score (nSPS) is 17.2. The largest absolute Gasteiger partial charge is 0.335 e. The molecule has 1 aliphatic heterocycles. The molecule has 0 N–H and O–H groups in total. The number of nitrogens with zero attached hydrogens (tertiary/aromatic N) is 1. The molecule has 1 heterocycles. The zero-order valence-corrected chi connectivity index (χ0v) is 13.0. The van der Waals surface area contributed by atoms with Crippen molar-refractivity contribution in [3.05, 3.63) is 70.5 Å². The quantitative estimate of drug-likeness (QED) is 0.825. The average molecular weight is 297 g/mol. The molecule has 1 aliphatic rings. The van der Waals surface area contributed by atoms with Crippen molar-refractivity contribution < 1.29 is 9.18 Å². The maximum atomic E-state index is 13.5. The minimum Gasteiger partial charge on any atom is -0.335 e. The summed E-state index contributed by atoms with van der Waals surface area (Å²) in [5.41, 5.74) is 4.27. The van der Waals surface area contributed by atoms with Crippen LogP contribution in [0, 0.1) is 12.7 Å². The molecule has 1 unspecified atom stereocenters. The van der Waals surface area contributed by atoms with E-state index in [1.165, 1.54) is 6.07 Å². The van der Waals surface area contributed by atoms with Crippen LogP contribution in [0.15, 0.2) is 42.5 Å². The van der Waals surface area contributed by atoms with Crippen LogP contribution in [0.1, 0.15) is 35.2 Å². The summed E-state index contributed by atoms with van der Waals surface area (Å²) >= 11 is 0. The van der Waals surface area contributed by atoms with E-state index >= 15 is 0 Å². The molecule has 2 aromatic carbocycles. The van der Waals surface area contributed by atoms with Gasteiger partial charge in [-0.15, -0.1) is 0 Å². The van der Waals surface area contributed by atoms with E-state index in [0.29, 0.717) is 13.0 Å². The third-order valence-electron chi connectivity index (χ3n) is 4.41. The van der Waals surface area contributed by atoms with Gasteiger partial charge < -0.3 is 4.90 Å². The molecule has 0 saturated carbocycles. The van der Waals surface area contributed by atoms with E-state index in [9.17, 15) is 9.18 Å². The third-order valence-corrected chi connectivity index (χ3v) is 4.41. The summed E-state index contributed by atoms with van der Waals surface area (Å²) in [5, 5.41) is 0. The minimum atomic E-state index is -0.237. The highest BCUT2D eigenvalue weighted by atomic mass is 19.1. The van der Waals surface area contributed by atoms with Crippen molar-refractivity contribution in [3.8, 4) is 0 Å². The fraction of sp³-hybridized carbons (Fsp3) is 0.316. The molecule has 3 heteroatoms. The second-order valence-electron chi connectivity index (χ2n) is 6.02. The summed E-state index contributed by atoms with van der Waals surface area (Å²) in [7, 11) is 0. The van der Waals surface area contributed by atoms with Crippen LogP contribution in [0.4, 0.5) is 4.39 Å². The summed E-state index contributed by atoms with van der Waals surface area (Å²) in [5.74, 6) is -0.133. The van der Waals surface area contributed by atoms with Crippen LogP contribution in [-0.2, 0) is 17.6 Å². The smallest absolute Gasteiger partial charge is 0.227 e. The fourth-order valence-electron chi connectivity index (χ4n) is 3.22. The Morgan fingerprint density at radius 2 is 2.09 bits per heavy atom. The van der Waals surface area contributed by atoms with E-state index in [-0.39, 0.29) is 17.8 Å². The monoisotopic (exact) mass is 297 g/mol. The van der Waals surface area contributed by atoms with Gasteiger partial charge in [-0.25, -0.2) is 4.39 Å². The minimum absolute atomic E-state index is 0.0724. The number of fused-ring (bicyclic) bond motifs is 1. The first-order valence-corrected chi connectivity index (χ1v) is 7.68. The van der Waals surface area contributed by atoms with Crippen molar-refractivity contribution in [2.75, 3.05) is 6.54 Å². The Hall–Kier alpha value is -2.16. The van der Waals surface area contributed by atoms with Crippen LogP contribution in [0.25, 0.3) is 0 Å². The van der Waals surface area contributed by atoms with Crippen LogP contribution < -0.4 is 0 Å². The molecule has 0 bridgehead atoms. The molecule has 22 heavy (non-hydrogen) atoms. The lowest BCUT2D eigenvalue weighted by molar-refractivity contribution is -0.133. The molecule has 2 nitrogen and oxygen atoms in total. The molecule has 0 aromatic heterocycles. The Labute approximate surface area is 130 Å². The highest BCUT2D eigenvalue weighted by Crippen LogP contribution is 2.30. The number of halogens is 1. The van der Waals surface area contributed by atoms with Gasteiger partial charge in [0.2, 0.25) is 5.91 Å². The summed E-state index contributed by atoms with van der Waals surface area (Å²) in [6.45, 7) is 4.70. The number of benzene rings is 2. The molecule has 2 aromatic rings. The molecule has 1 amide bonds. The first-order valence-electron chi connectivity index (χ1n) is 7.68. The lowest BCUT2D eigenvalue weighted by Crippen LogP contribution is -2.39. The SMILES string of the molecule is Cc1cccc(CC(=O)N2CCc3ccc(F)cc3C2C)c1. The highest BCUT2D eigenvalue weighted by Gasteiger charge is 2.27. The number of aryl methyl sites for hydroxylation is 1. The first-order chi connectivity index (χ1) is 10.5. The number of carbonyl (C=O) groups excluding carboxylic acids is 1. The maximum Gasteiger partial charge on any atom is 0.227 e. The zero-order chi connectivity index (χ0) is 15.7. The lowest BCUT2D eigenvalue weighted by Gasteiger charge is -2.35. The number of amides is 1. The van der Waals surface area contributed by atoms with Gasteiger partial charge in [-0.05, 0) is 49.1 Å². The van der Waals surface area contributed by atoms with Crippen molar-refractivity contribution in [3.63, 3.8) is 0 Å². The Bertz CT molecular complexity index is 710. The topological polar surface area (TPSA) is 20.3 Å². The molecule has 0 spiro atoms. The van der Waals surface area contributed by atoms with E-state index in [2.05, 4.69) is 0 Å². The van der Waals surface area contributed by atoms with Gasteiger partial charge in [0, 0.05) is 6.54 Å². The predicted molar refractivity (Wildman–Crippen MR) is 85.1 cm³/mol. The van der Waals surface area contributed by atoms with Crippen molar-refractivity contribution in [2.24, 2.45) is 0 Å². The zero-order valence-electron chi connectivity index (χ0n) is 13.0. The van der Waals surface area contributed by atoms with Gasteiger partial charge >= 0.3 is 0 Å². The molecular weight excluding hydrogens is 277 g/mol. The molecule has 0 fully saturated rings. The fourth-order valence-corrected chi connectivity index (χ4v) is 3.22. The van der Waals surface area contributed by atoms with Crippen LogP contribution in [-0.4, -0.2) is 17.4 Å². The number of hydrogen-bond acceptors (Lipinski definition) is 1. The highest BCUT2D eigenvalue weighted by molar-refractivity contribution is 5.79. The van der Waals surface area contributed by atoms with Crippen LogP contribution in [0.5, 0.6) is 0 Å². The van der Waals surface area contributed by atoms with E-state index in [1.807, 2.05) is 49.1 Å². The summed E-state index contributed by atoms with van der Waals surface area (Å²) in [6.07, 6.45) is 1.19. The number of rotatable bonds is 2. The van der Waals surface area contributed by atoms with E-state index in [4.69, 9.17) is 0 Å². The van der Waals surface area contributed by atoms with E-state index in [0.717, 1.165) is 28.7 Å². The second-order valence-corrected chi connectivity index (χ2v) is 6.02. The van der Waals surface area contributed by atoms with Crippen LogP contribution in [0.3, 0.4) is 0 Å². The first kappa shape index (κ1) is 14.8. The van der Waals surface area contributed by atoms with E-state index in [1.54, 1.807) is 6.07 Å². The van der Waals surface area contributed by atoms with Crippen molar-refractivity contribution >= 4 is 5.91 Å². The standard InChI is InChI=1S/C19H20FNO/c1-13-4-3-5-15(10-13)11-19(22)21-9-8-16-6-7-17(20)12-18(16)14(21)2/h3-7,10,12,14H,8-9,11H2,1-2H3. The predicted octanol–water partition coefficient (Wildman–Crippen LogP) is 3.82. The Morgan fingerprint density at radius 3 is 2.86 bits per heavy atom. The Balaban J connectivity index is 1.79. The van der Waals surface area contributed by atoms with Gasteiger partial charge in [-0.3, -0.25) is 4.79 Å². The van der Waals surface area contributed by atoms with Gasteiger partial charge in [-0.2, -0.15) is 0 Å². The Morgan fingerprint density at radius 1 is 1.27 bits per heavy atom. The summed E-state index contributed by atoms with van der Waals surface area (Å²) < 4.78 is 13.5. The van der Waals surface area contributed by atoms with Crippen LogP contribution in [0.2, 0.25) is 0 Å². The van der Waals surface area contributed by atoms with Gasteiger partial charge in [0.05, 0.1) is 12.5 Å². The maximum absolute atomic E-state index is 13.5. The summed E-state index contributed by atoms with van der Waals surface area (Å²) in [4.78, 5) is 14.5. The molecule has 3 rings (SSSR count). The Kier molecular flexibility index (Phi) is 3.97. The molecule has 0 saturated heterocycles. The van der Waals surface area contributed by atoms with Gasteiger partial charge in [0.1, 0.15) is 5.82 Å². The van der Waals surface area contributed by atoms with Gasteiger partial charge in [0.25, 0.3) is 0 Å². The lowest BCUT2D eigenvalue weighted by atomic mass is 9.93. The summed E-state index contributed by atoms with van der Waals surface area (Å²) in [6, 6.07) is 12.8. The van der Waals surface area contributed by atoms with Crippen molar-refractivity contribution in [1.29, 1.82) is 0 Å². The molecule has 114 valence electrons. The third kappa shape index (κ3) is 2.89. The van der Waals surface area contributed by atoms with Gasteiger partial charge in [0.15, 0.2) is 0 Å². The van der Waals surface area contributed by atoms with E-state index < -0.39 is 0 Å².